The third-order valence-electron chi connectivity index (χ3n) is 3.11. The number of esters is 1. The van der Waals surface area contributed by atoms with Crippen molar-refractivity contribution in [1.82, 2.24) is 0 Å². The van der Waals surface area contributed by atoms with E-state index in [4.69, 9.17) is 14.2 Å². The Morgan fingerprint density at radius 1 is 1.00 bits per heavy atom. The molecule has 6 nitrogen and oxygen atoms in total. The molecule has 0 aliphatic carbocycles. The lowest BCUT2D eigenvalue weighted by atomic mass is 9.95. The Labute approximate surface area is 123 Å². The summed E-state index contributed by atoms with van der Waals surface area (Å²) >= 11 is 0. The van der Waals surface area contributed by atoms with E-state index < -0.39 is 11.9 Å². The van der Waals surface area contributed by atoms with E-state index in [0.29, 0.717) is 17.2 Å². The van der Waals surface area contributed by atoms with Crippen molar-refractivity contribution in [2.75, 3.05) is 28.4 Å². The second-order valence-corrected chi connectivity index (χ2v) is 4.45. The number of hydrogen-bond donors (Lipinski definition) is 0. The minimum absolute atomic E-state index is 0.00628. The molecular formula is C15H20O6. The molecule has 0 heterocycles. The Hall–Kier alpha value is -2.24. The topological polar surface area (TPSA) is 71.1 Å². The van der Waals surface area contributed by atoms with Gasteiger partial charge in [0, 0.05) is 18.1 Å². The van der Waals surface area contributed by atoms with Crippen LogP contribution in [0.4, 0.5) is 0 Å². The van der Waals surface area contributed by atoms with E-state index in [1.807, 2.05) is 0 Å². The summed E-state index contributed by atoms with van der Waals surface area (Å²) in [5.41, 5.74) is 0.289. The third-order valence-corrected chi connectivity index (χ3v) is 3.11. The number of carbonyl (C=O) groups is 2. The van der Waals surface area contributed by atoms with E-state index in [0.717, 1.165) is 0 Å². The van der Waals surface area contributed by atoms with Crippen LogP contribution in [0.2, 0.25) is 0 Å². The lowest BCUT2D eigenvalue weighted by Crippen LogP contribution is -2.18. The van der Waals surface area contributed by atoms with Crippen LogP contribution in [0.1, 0.15) is 23.7 Å². The first-order valence-electron chi connectivity index (χ1n) is 6.39. The van der Waals surface area contributed by atoms with Crippen LogP contribution in [0.15, 0.2) is 12.1 Å². The number of benzene rings is 1. The van der Waals surface area contributed by atoms with Crippen LogP contribution in [0.5, 0.6) is 17.2 Å². The maximum absolute atomic E-state index is 12.5. The maximum Gasteiger partial charge on any atom is 0.306 e. The first-order chi connectivity index (χ1) is 9.98. The van der Waals surface area contributed by atoms with Crippen LogP contribution >= 0.6 is 0 Å². The molecule has 1 rings (SSSR count). The highest BCUT2D eigenvalue weighted by molar-refractivity contribution is 6.04. The molecule has 0 N–H and O–H groups in total. The summed E-state index contributed by atoms with van der Waals surface area (Å²) in [5.74, 6) is -0.0469. The molecule has 0 radical (unpaired) electrons. The zero-order valence-electron chi connectivity index (χ0n) is 12.9. The van der Waals surface area contributed by atoms with Gasteiger partial charge in [0.25, 0.3) is 0 Å². The molecule has 1 unspecified atom stereocenters. The van der Waals surface area contributed by atoms with Gasteiger partial charge in [-0.2, -0.15) is 0 Å². The molecule has 0 bridgehead atoms. The highest BCUT2D eigenvalue weighted by Gasteiger charge is 2.26. The summed E-state index contributed by atoms with van der Waals surface area (Å²) in [6.45, 7) is 1.66. The average Bonchev–Trinajstić information content (AvgIpc) is 2.52. The molecule has 0 fully saturated rings. The number of methoxy groups -OCH3 is 4. The lowest BCUT2D eigenvalue weighted by Gasteiger charge is -2.16. The largest absolute Gasteiger partial charge is 0.496 e. The molecular weight excluding hydrogens is 276 g/mol. The average molecular weight is 296 g/mol. The van der Waals surface area contributed by atoms with Crippen molar-refractivity contribution in [3.05, 3.63) is 17.7 Å². The predicted octanol–water partition coefficient (Wildman–Crippen LogP) is 2.09. The fourth-order valence-corrected chi connectivity index (χ4v) is 1.92. The molecule has 116 valence electrons. The number of rotatable bonds is 7. The zero-order chi connectivity index (χ0) is 16.0. The quantitative estimate of drug-likeness (QED) is 0.567. The molecule has 1 atom stereocenters. The molecule has 0 aliphatic heterocycles. The first kappa shape index (κ1) is 16.8. The second-order valence-electron chi connectivity index (χ2n) is 4.45. The van der Waals surface area contributed by atoms with Gasteiger partial charge in [0.15, 0.2) is 5.78 Å². The Balaban J connectivity index is 3.21. The molecule has 0 saturated carbocycles. The second kappa shape index (κ2) is 7.52. The molecule has 21 heavy (non-hydrogen) atoms. The molecule has 0 aromatic heterocycles. The summed E-state index contributed by atoms with van der Waals surface area (Å²) in [6, 6.07) is 3.20. The molecule has 0 saturated heterocycles. The third kappa shape index (κ3) is 3.87. The van der Waals surface area contributed by atoms with Crippen LogP contribution in [-0.4, -0.2) is 40.2 Å². The maximum atomic E-state index is 12.5. The molecule has 1 aromatic rings. The van der Waals surface area contributed by atoms with Crippen LogP contribution in [0, 0.1) is 5.92 Å². The number of Topliss-reactive ketones (excluding diaryl/α,β-unsaturated/α-hetero) is 1. The summed E-state index contributed by atoms with van der Waals surface area (Å²) < 4.78 is 20.2. The lowest BCUT2D eigenvalue weighted by molar-refractivity contribution is -0.141. The van der Waals surface area contributed by atoms with E-state index in [-0.39, 0.29) is 17.8 Å². The highest BCUT2D eigenvalue weighted by Crippen LogP contribution is 2.36. The van der Waals surface area contributed by atoms with E-state index in [9.17, 15) is 9.59 Å². The van der Waals surface area contributed by atoms with Crippen LogP contribution in [0.3, 0.4) is 0 Å². The van der Waals surface area contributed by atoms with Gasteiger partial charge in [-0.25, -0.2) is 0 Å². The Morgan fingerprint density at radius 2 is 1.52 bits per heavy atom. The van der Waals surface area contributed by atoms with Crippen molar-refractivity contribution < 1.29 is 28.5 Å². The van der Waals surface area contributed by atoms with Gasteiger partial charge in [-0.05, 0) is 0 Å². The van der Waals surface area contributed by atoms with Crippen molar-refractivity contribution in [1.29, 1.82) is 0 Å². The molecule has 0 amide bonds. The normalized spacial score (nSPS) is 11.5. The fourth-order valence-electron chi connectivity index (χ4n) is 1.92. The summed E-state index contributed by atoms with van der Waals surface area (Å²) in [7, 11) is 5.70. The van der Waals surface area contributed by atoms with Crippen molar-refractivity contribution >= 4 is 11.8 Å². The molecule has 1 aromatic carbocycles. The summed E-state index contributed by atoms with van der Waals surface area (Å²) in [4.78, 5) is 23.9. The van der Waals surface area contributed by atoms with E-state index in [1.54, 1.807) is 19.1 Å². The Kier molecular flexibility index (Phi) is 6.02. The predicted molar refractivity (Wildman–Crippen MR) is 76.2 cm³/mol. The van der Waals surface area contributed by atoms with E-state index >= 15 is 0 Å². The van der Waals surface area contributed by atoms with Gasteiger partial charge < -0.3 is 18.9 Å². The van der Waals surface area contributed by atoms with E-state index in [2.05, 4.69) is 4.74 Å². The standard InChI is InChI=1S/C15H20O6/c1-9(6-13(16)21-5)15(17)14-11(19-3)7-10(18-2)8-12(14)20-4/h7-9H,6H2,1-5H3. The van der Waals surface area contributed by atoms with Gasteiger partial charge in [-0.1, -0.05) is 6.92 Å². The zero-order valence-corrected chi connectivity index (χ0v) is 12.9. The monoisotopic (exact) mass is 296 g/mol. The van der Waals surface area contributed by atoms with Gasteiger partial charge in [0.05, 0.1) is 34.9 Å². The van der Waals surface area contributed by atoms with Gasteiger partial charge in [-0.15, -0.1) is 0 Å². The summed E-state index contributed by atoms with van der Waals surface area (Å²) in [6.07, 6.45) is -0.00628. The van der Waals surface area contributed by atoms with Crippen LogP contribution in [-0.2, 0) is 9.53 Å². The molecule has 6 heteroatoms. The fraction of sp³-hybridized carbons (Fsp3) is 0.467. The number of ketones is 1. The number of hydrogen-bond acceptors (Lipinski definition) is 6. The van der Waals surface area contributed by atoms with Gasteiger partial charge in [0.2, 0.25) is 0 Å². The van der Waals surface area contributed by atoms with Gasteiger partial charge in [-0.3, -0.25) is 9.59 Å². The van der Waals surface area contributed by atoms with E-state index in [1.165, 1.54) is 28.4 Å². The Morgan fingerprint density at radius 3 is 1.90 bits per heavy atom. The number of ether oxygens (including phenoxy) is 4. The smallest absolute Gasteiger partial charge is 0.306 e. The highest BCUT2D eigenvalue weighted by atomic mass is 16.5. The molecule has 0 spiro atoms. The molecule has 0 aliphatic rings. The minimum atomic E-state index is -0.548. The minimum Gasteiger partial charge on any atom is -0.496 e. The van der Waals surface area contributed by atoms with Crippen molar-refractivity contribution in [3.63, 3.8) is 0 Å². The number of carbonyl (C=O) groups excluding carboxylic acids is 2. The van der Waals surface area contributed by atoms with Crippen molar-refractivity contribution in [2.24, 2.45) is 5.92 Å². The van der Waals surface area contributed by atoms with Crippen molar-refractivity contribution in [2.45, 2.75) is 13.3 Å². The van der Waals surface area contributed by atoms with Crippen molar-refractivity contribution in [3.8, 4) is 17.2 Å². The summed E-state index contributed by atoms with van der Waals surface area (Å²) in [5, 5.41) is 0. The van der Waals surface area contributed by atoms with Gasteiger partial charge in [0.1, 0.15) is 22.8 Å². The van der Waals surface area contributed by atoms with Crippen LogP contribution in [0.25, 0.3) is 0 Å². The Bertz CT molecular complexity index is 498. The first-order valence-corrected chi connectivity index (χ1v) is 6.39. The van der Waals surface area contributed by atoms with Gasteiger partial charge >= 0.3 is 5.97 Å². The SMILES string of the molecule is COC(=O)CC(C)C(=O)c1c(OC)cc(OC)cc1OC. The van der Waals surface area contributed by atoms with Crippen LogP contribution < -0.4 is 14.2 Å².